The predicted molar refractivity (Wildman–Crippen MR) is 549 cm³/mol. The summed E-state index contributed by atoms with van der Waals surface area (Å²) in [7, 11) is 0. The Labute approximate surface area is 779 Å². The molecule has 3 aromatic carbocycles. The van der Waals surface area contributed by atoms with Crippen molar-refractivity contribution in [2.75, 3.05) is 26.4 Å². The van der Waals surface area contributed by atoms with Crippen LogP contribution in [0.5, 0.6) is 23.0 Å². The minimum atomic E-state index is 0.598. The Bertz CT molecular complexity index is 3020. The number of ether oxygens (including phenoxy) is 4. The number of benzene rings is 3. The Morgan fingerprint density at radius 1 is 0.246 bits per heavy atom. The Morgan fingerprint density at radius 3 is 0.667 bits per heavy atom. The minimum Gasteiger partial charge on any atom is -0.493 e. The van der Waals surface area contributed by atoms with Crippen LogP contribution in [0.4, 0.5) is 0 Å². The van der Waals surface area contributed by atoms with E-state index in [1.807, 2.05) is 12.1 Å². The second-order valence-corrected chi connectivity index (χ2v) is 40.5. The normalized spacial score (nSPS) is 12.2. The zero-order chi connectivity index (χ0) is 89.9. The minimum absolute atomic E-state index is 0.598. The molecule has 0 amide bonds. The quantitative estimate of drug-likeness (QED) is 0.0281. The SMILES string of the molecule is C#Cc1cc(-c2cc(-c3cc(OCCCCCCCCCCCCCCCCCC)c(CC[C@@H](C)CCCC(C)C)c(OCCCCCCCCCCCCCCCCCC)c3)no2)cc(-c2cc(-c3cc(OCCCCCCCCCCCCCCCCCC)c(CC[C@@H](C)CCCC(C)C)c(OCCCCCCCCCCCCCCCCCC)c3)no2)c1. The summed E-state index contributed by atoms with van der Waals surface area (Å²) in [6.07, 6.45) is 104. The molecule has 0 fully saturated rings. The molecule has 718 valence electrons. The molecule has 2 aromatic heterocycles. The number of unbranched alkanes of at least 4 members (excludes halogenated alkanes) is 60. The molecule has 0 bridgehead atoms. The maximum Gasteiger partial charge on any atom is 0.167 e. The van der Waals surface area contributed by atoms with Gasteiger partial charge in [0.15, 0.2) is 11.5 Å². The highest BCUT2D eigenvalue weighted by atomic mass is 16.5. The zero-order valence-corrected chi connectivity index (χ0v) is 84.6. The van der Waals surface area contributed by atoms with Crippen LogP contribution in [0.25, 0.3) is 45.2 Å². The number of terminal acetylenes is 1. The van der Waals surface area contributed by atoms with Gasteiger partial charge < -0.3 is 28.0 Å². The van der Waals surface area contributed by atoms with Gasteiger partial charge in [-0.3, -0.25) is 0 Å². The molecule has 5 aromatic rings. The van der Waals surface area contributed by atoms with Gasteiger partial charge in [0.05, 0.1) is 26.4 Å². The molecule has 0 unspecified atom stereocenters. The van der Waals surface area contributed by atoms with Gasteiger partial charge in [-0.05, 0) is 118 Å². The van der Waals surface area contributed by atoms with Gasteiger partial charge in [0.1, 0.15) is 34.4 Å². The average Bonchev–Trinajstić information content (AvgIpc) is 1.61. The lowest BCUT2D eigenvalue weighted by Crippen LogP contribution is -2.07. The number of hydrogen-bond donors (Lipinski definition) is 0. The van der Waals surface area contributed by atoms with E-state index >= 15 is 0 Å². The van der Waals surface area contributed by atoms with Crippen molar-refractivity contribution in [1.29, 1.82) is 0 Å². The highest BCUT2D eigenvalue weighted by molar-refractivity contribution is 5.77. The van der Waals surface area contributed by atoms with Crippen LogP contribution in [0.2, 0.25) is 0 Å². The predicted octanol–water partition coefficient (Wildman–Crippen LogP) is 39.7. The van der Waals surface area contributed by atoms with Gasteiger partial charge >= 0.3 is 0 Å². The molecule has 0 aliphatic carbocycles. The molecule has 5 rings (SSSR count). The summed E-state index contributed by atoms with van der Waals surface area (Å²) in [6, 6.07) is 19.2. The van der Waals surface area contributed by atoms with Crippen molar-refractivity contribution in [1.82, 2.24) is 10.3 Å². The highest BCUT2D eigenvalue weighted by Crippen LogP contribution is 2.42. The van der Waals surface area contributed by atoms with Crippen LogP contribution in [0.1, 0.15) is 548 Å². The van der Waals surface area contributed by atoms with Crippen LogP contribution in [0, 0.1) is 36.0 Å². The summed E-state index contributed by atoms with van der Waals surface area (Å²) in [5, 5.41) is 9.73. The van der Waals surface area contributed by atoms with Gasteiger partial charge in [0.25, 0.3) is 0 Å². The molecule has 0 radical (unpaired) electrons. The van der Waals surface area contributed by atoms with Crippen molar-refractivity contribution in [3.63, 3.8) is 0 Å². The molecule has 8 heteroatoms. The molecule has 2 atom stereocenters. The molecule has 0 aliphatic heterocycles. The van der Waals surface area contributed by atoms with Crippen molar-refractivity contribution >= 4 is 0 Å². The first kappa shape index (κ1) is 111. The molecule has 0 spiro atoms. The van der Waals surface area contributed by atoms with Gasteiger partial charge in [-0.15, -0.1) is 6.42 Å². The van der Waals surface area contributed by atoms with E-state index in [0.29, 0.717) is 55.3 Å². The standard InChI is InChI=1S/C118H200N2O6/c1-12-17-21-25-29-33-37-41-45-49-53-57-61-65-69-73-87-121-115-94-105(95-116(109(115)85-83-102(10)81-77-79-100(6)7)122-88-74-70-66-62-58-54-50-46-42-38-34-30-26-22-18-13-2)111-98-113(125-119-111)107-91-104(16-5)92-108(93-107)114-99-112(120-126-114)106-96-117(123-89-75-71-67-63-59-55-51-47-43-39-35-31-27-23-19-14-3)110(86-84-103(11)82-78-80-101(8)9)118(97-106)124-90-76-72-68-64-60-56-52-48-44-40-36-32-28-24-20-15-4/h5,91-103H,12-15,17-90H2,1-4,6-11H3/t102-,103-/m0/s1. The number of aromatic nitrogens is 2. The van der Waals surface area contributed by atoms with E-state index in [1.54, 1.807) is 0 Å². The van der Waals surface area contributed by atoms with Crippen LogP contribution >= 0.6 is 0 Å². The van der Waals surface area contributed by atoms with Crippen LogP contribution < -0.4 is 18.9 Å². The number of rotatable bonds is 90. The van der Waals surface area contributed by atoms with Gasteiger partial charge in [0, 0.05) is 51.1 Å². The number of nitrogens with zero attached hydrogens (tertiary/aromatic N) is 2. The Balaban J connectivity index is 1.38. The fraction of sp³-hybridized carbons (Fsp3) is 0.780. The van der Waals surface area contributed by atoms with Gasteiger partial charge in [0.2, 0.25) is 0 Å². The van der Waals surface area contributed by atoms with E-state index in [1.165, 1.54) is 435 Å². The summed E-state index contributed by atoms with van der Waals surface area (Å²) >= 11 is 0. The van der Waals surface area contributed by atoms with E-state index in [4.69, 9.17) is 44.7 Å². The molecular weight excluding hydrogens is 1540 g/mol. The first-order valence-corrected chi connectivity index (χ1v) is 55.4. The summed E-state index contributed by atoms with van der Waals surface area (Å²) < 4.78 is 41.0. The van der Waals surface area contributed by atoms with Crippen LogP contribution in [0.15, 0.2) is 63.6 Å². The molecule has 2 heterocycles. The lowest BCUT2D eigenvalue weighted by atomic mass is 9.93. The van der Waals surface area contributed by atoms with Crippen LogP contribution in [0.3, 0.4) is 0 Å². The maximum absolute atomic E-state index is 7.04. The summed E-state index contributed by atoms with van der Waals surface area (Å²) in [5.41, 5.74) is 8.07. The molecular formula is C118H200N2O6. The third-order valence-electron chi connectivity index (χ3n) is 27.4. The number of hydrogen-bond acceptors (Lipinski definition) is 8. The van der Waals surface area contributed by atoms with Gasteiger partial charge in [-0.1, -0.05) is 509 Å². The third-order valence-corrected chi connectivity index (χ3v) is 27.4. The highest BCUT2D eigenvalue weighted by Gasteiger charge is 2.23. The Morgan fingerprint density at radius 2 is 0.460 bits per heavy atom. The topological polar surface area (TPSA) is 89.0 Å². The Kier molecular flexibility index (Phi) is 68.4. The van der Waals surface area contributed by atoms with Crippen LogP contribution in [-0.4, -0.2) is 36.7 Å². The molecule has 0 N–H and O–H groups in total. The largest absolute Gasteiger partial charge is 0.493 e. The first-order chi connectivity index (χ1) is 62.0. The summed E-state index contributed by atoms with van der Waals surface area (Å²) in [5.74, 6) is 10.5. The second kappa shape index (κ2) is 77.4. The van der Waals surface area contributed by atoms with E-state index < -0.39 is 0 Å². The lowest BCUT2D eigenvalue weighted by Gasteiger charge is -2.20. The van der Waals surface area contributed by atoms with E-state index in [2.05, 4.69) is 118 Å². The maximum atomic E-state index is 7.04. The molecule has 126 heavy (non-hydrogen) atoms. The van der Waals surface area contributed by atoms with Crippen molar-refractivity contribution in [2.24, 2.45) is 23.7 Å². The van der Waals surface area contributed by atoms with Crippen molar-refractivity contribution < 1.29 is 28.0 Å². The van der Waals surface area contributed by atoms with E-state index in [-0.39, 0.29) is 0 Å². The summed E-state index contributed by atoms with van der Waals surface area (Å²) in [6.45, 7) is 26.3. The van der Waals surface area contributed by atoms with Crippen molar-refractivity contribution in [3.05, 3.63) is 71.3 Å². The zero-order valence-electron chi connectivity index (χ0n) is 84.6. The van der Waals surface area contributed by atoms with E-state index in [0.717, 1.165) is 120 Å². The first-order valence-electron chi connectivity index (χ1n) is 55.4. The Hall–Kier alpha value is -5.16. The monoisotopic (exact) mass is 1740 g/mol. The van der Waals surface area contributed by atoms with Gasteiger partial charge in [-0.2, -0.15) is 0 Å². The van der Waals surface area contributed by atoms with E-state index in [9.17, 15) is 0 Å². The van der Waals surface area contributed by atoms with Gasteiger partial charge in [-0.25, -0.2) is 0 Å². The van der Waals surface area contributed by atoms with Crippen LogP contribution in [-0.2, 0) is 12.8 Å². The molecule has 0 saturated heterocycles. The average molecular weight is 1740 g/mol. The fourth-order valence-electron chi connectivity index (χ4n) is 18.8. The second-order valence-electron chi connectivity index (χ2n) is 40.5. The smallest absolute Gasteiger partial charge is 0.167 e. The van der Waals surface area contributed by atoms with Crippen molar-refractivity contribution in [3.8, 4) is 80.5 Å². The fourth-order valence-corrected chi connectivity index (χ4v) is 18.8. The lowest BCUT2D eigenvalue weighted by molar-refractivity contribution is 0.282. The summed E-state index contributed by atoms with van der Waals surface area (Å²) in [4.78, 5) is 0. The molecule has 8 nitrogen and oxygen atoms in total. The molecule has 0 aliphatic rings. The third kappa shape index (κ3) is 55.2. The molecule has 0 saturated carbocycles. The van der Waals surface area contributed by atoms with Crippen molar-refractivity contribution in [2.45, 2.75) is 544 Å².